The van der Waals surface area contributed by atoms with Crippen molar-refractivity contribution in [2.75, 3.05) is 30.8 Å². The predicted octanol–water partition coefficient (Wildman–Crippen LogP) is 6.21. The number of nitrogens with one attached hydrogen (secondary N) is 2. The molecule has 0 bridgehead atoms. The van der Waals surface area contributed by atoms with Crippen LogP contribution in [0.25, 0.3) is 20.8 Å². The fourth-order valence-corrected chi connectivity index (χ4v) is 8.33. The number of para-hydroxylation sites is 2. The number of anilines is 2. The van der Waals surface area contributed by atoms with Crippen LogP contribution in [-0.4, -0.2) is 51.1 Å². The van der Waals surface area contributed by atoms with Crippen LogP contribution in [0, 0.1) is 0 Å². The summed E-state index contributed by atoms with van der Waals surface area (Å²) in [7, 11) is -1.14. The number of ether oxygens (including phenoxy) is 2. The van der Waals surface area contributed by atoms with Crippen LogP contribution in [0.4, 0.5) is 15.5 Å². The number of methoxy groups -OCH3 is 2. The molecule has 0 spiro atoms. The van der Waals surface area contributed by atoms with Crippen LogP contribution in [0.1, 0.15) is 20.8 Å². The quantitative estimate of drug-likeness (QED) is 0.218. The Kier molecular flexibility index (Phi) is 7.77. The molecule has 0 saturated heterocycles. The number of carbonyl (C=O) groups is 2. The Balaban J connectivity index is 1.35. The van der Waals surface area contributed by atoms with E-state index in [4.69, 9.17) is 14.5 Å². The number of thiazole rings is 1. The van der Waals surface area contributed by atoms with Crippen molar-refractivity contribution in [2.24, 2.45) is 0 Å². The smallest absolute Gasteiger partial charge is 0.409 e. The Bertz CT molecular complexity index is 1920. The summed E-state index contributed by atoms with van der Waals surface area (Å²) in [5.74, 6) is 0.0369. The molecule has 0 atom stereocenters. The maximum Gasteiger partial charge on any atom is 0.409 e. The van der Waals surface area contributed by atoms with Crippen molar-refractivity contribution in [1.82, 2.24) is 9.88 Å². The van der Waals surface area contributed by atoms with Crippen molar-refractivity contribution in [3.8, 4) is 16.3 Å². The third-order valence-electron chi connectivity index (χ3n) is 7.01. The van der Waals surface area contributed by atoms with Gasteiger partial charge < -0.3 is 19.7 Å². The Morgan fingerprint density at radius 2 is 1.70 bits per heavy atom. The number of fused-ring (bicyclic) bond motifs is 2. The van der Waals surface area contributed by atoms with Crippen LogP contribution in [0.3, 0.4) is 0 Å². The Hall–Kier alpha value is -4.46. The molecule has 2 aromatic heterocycles. The van der Waals surface area contributed by atoms with E-state index in [-0.39, 0.29) is 16.1 Å². The number of amides is 2. The molecule has 0 radical (unpaired) electrons. The summed E-state index contributed by atoms with van der Waals surface area (Å²) < 4.78 is 40.0. The van der Waals surface area contributed by atoms with Crippen LogP contribution in [0.5, 0.6) is 5.75 Å². The minimum absolute atomic E-state index is 0.0303. The highest BCUT2D eigenvalue weighted by molar-refractivity contribution is 7.92. The number of benzene rings is 3. The third kappa shape index (κ3) is 5.66. The molecule has 6 rings (SSSR count). The number of sulfonamides is 1. The normalized spacial score (nSPS) is 12.9. The SMILES string of the molecule is COC(=O)N1CCc2c(sc(NC(=O)c3ccccc3NS(=O)(=O)c3ccc(OC)cc3)c2-c2nc3ccccc3s2)C1. The second-order valence-corrected chi connectivity index (χ2v) is 13.4. The molecular formula is C30H26N4O6S3. The van der Waals surface area contributed by atoms with Gasteiger partial charge in [-0.05, 0) is 60.5 Å². The van der Waals surface area contributed by atoms with Crippen molar-refractivity contribution in [1.29, 1.82) is 0 Å². The van der Waals surface area contributed by atoms with Gasteiger partial charge in [-0.1, -0.05) is 24.3 Å². The summed E-state index contributed by atoms with van der Waals surface area (Å²) >= 11 is 2.90. The molecule has 13 heteroatoms. The maximum atomic E-state index is 13.8. The lowest BCUT2D eigenvalue weighted by Crippen LogP contribution is -2.35. The van der Waals surface area contributed by atoms with Gasteiger partial charge >= 0.3 is 6.09 Å². The van der Waals surface area contributed by atoms with E-state index in [0.29, 0.717) is 30.3 Å². The van der Waals surface area contributed by atoms with Crippen LogP contribution >= 0.6 is 22.7 Å². The Morgan fingerprint density at radius 1 is 0.953 bits per heavy atom. The van der Waals surface area contributed by atoms with Gasteiger partial charge in [0.1, 0.15) is 15.8 Å². The van der Waals surface area contributed by atoms with Gasteiger partial charge in [0.2, 0.25) is 0 Å². The lowest BCUT2D eigenvalue weighted by molar-refractivity contribution is 0.102. The van der Waals surface area contributed by atoms with Gasteiger partial charge in [-0.3, -0.25) is 9.52 Å². The summed E-state index contributed by atoms with van der Waals surface area (Å²) in [6.07, 6.45) is 0.157. The molecule has 3 heterocycles. The predicted molar refractivity (Wildman–Crippen MR) is 168 cm³/mol. The van der Waals surface area contributed by atoms with E-state index < -0.39 is 22.0 Å². The van der Waals surface area contributed by atoms with E-state index in [1.165, 1.54) is 55.1 Å². The number of hydrogen-bond acceptors (Lipinski definition) is 9. The first kappa shape index (κ1) is 28.6. The number of carbonyl (C=O) groups excluding carboxylic acids is 2. The highest BCUT2D eigenvalue weighted by atomic mass is 32.2. The average molecular weight is 635 g/mol. The Labute approximate surface area is 256 Å². The van der Waals surface area contributed by atoms with Crippen LogP contribution in [0.2, 0.25) is 0 Å². The largest absolute Gasteiger partial charge is 0.497 e. The van der Waals surface area contributed by atoms with Gasteiger partial charge in [-0.25, -0.2) is 18.2 Å². The van der Waals surface area contributed by atoms with E-state index in [0.717, 1.165) is 31.2 Å². The molecule has 0 fully saturated rings. The minimum atomic E-state index is -3.99. The monoisotopic (exact) mass is 634 g/mol. The molecule has 43 heavy (non-hydrogen) atoms. The molecule has 10 nitrogen and oxygen atoms in total. The van der Waals surface area contributed by atoms with Crippen molar-refractivity contribution in [3.63, 3.8) is 0 Å². The van der Waals surface area contributed by atoms with Gasteiger partial charge in [0.15, 0.2) is 0 Å². The highest BCUT2D eigenvalue weighted by Gasteiger charge is 2.30. The van der Waals surface area contributed by atoms with Crippen LogP contribution in [0.15, 0.2) is 77.7 Å². The van der Waals surface area contributed by atoms with Gasteiger partial charge in [0, 0.05) is 17.0 Å². The van der Waals surface area contributed by atoms with Crippen LogP contribution in [-0.2, 0) is 27.7 Å². The summed E-state index contributed by atoms with van der Waals surface area (Å²) in [5.41, 5.74) is 2.97. The summed E-state index contributed by atoms with van der Waals surface area (Å²) in [6, 6.07) is 20.2. The van der Waals surface area contributed by atoms with Gasteiger partial charge in [-0.15, -0.1) is 22.7 Å². The van der Waals surface area contributed by atoms with Gasteiger partial charge in [0.25, 0.3) is 15.9 Å². The van der Waals surface area contributed by atoms with E-state index in [1.807, 2.05) is 24.3 Å². The second kappa shape index (κ2) is 11.7. The van der Waals surface area contributed by atoms with E-state index >= 15 is 0 Å². The fourth-order valence-electron chi connectivity index (χ4n) is 4.88. The standard InChI is InChI=1S/C30H26N4O6S3/c1-39-18-11-13-19(14-12-18)43(37,38)33-22-8-4-3-7-20(22)27(35)32-29-26(28-31-23-9-5-6-10-24(23)41-28)21-15-16-34(30(36)40-2)17-25(21)42-29/h3-14,33H,15-17H2,1-2H3,(H,32,35). The van der Waals surface area contributed by atoms with Crippen LogP contribution < -0.4 is 14.8 Å². The Morgan fingerprint density at radius 3 is 2.44 bits per heavy atom. The number of hydrogen-bond donors (Lipinski definition) is 2. The lowest BCUT2D eigenvalue weighted by Gasteiger charge is -2.25. The first-order valence-electron chi connectivity index (χ1n) is 13.2. The molecule has 2 amide bonds. The summed E-state index contributed by atoms with van der Waals surface area (Å²) in [4.78, 5) is 33.5. The zero-order chi connectivity index (χ0) is 30.1. The van der Waals surface area contributed by atoms with Crippen molar-refractivity contribution < 1.29 is 27.5 Å². The second-order valence-electron chi connectivity index (χ2n) is 9.62. The van der Waals surface area contributed by atoms with E-state index in [9.17, 15) is 18.0 Å². The molecule has 1 aliphatic rings. The molecule has 3 aromatic carbocycles. The number of thiophene rings is 1. The van der Waals surface area contributed by atoms with Crippen molar-refractivity contribution >= 4 is 65.6 Å². The van der Waals surface area contributed by atoms with Gasteiger partial charge in [0.05, 0.1) is 47.1 Å². The summed E-state index contributed by atoms with van der Waals surface area (Å²) in [5, 5.41) is 4.36. The lowest BCUT2D eigenvalue weighted by atomic mass is 10.0. The van der Waals surface area contributed by atoms with E-state index in [1.54, 1.807) is 35.2 Å². The molecule has 0 unspecified atom stereocenters. The highest BCUT2D eigenvalue weighted by Crippen LogP contribution is 2.46. The zero-order valence-electron chi connectivity index (χ0n) is 23.1. The topological polar surface area (TPSA) is 127 Å². The fraction of sp³-hybridized carbons (Fsp3) is 0.167. The number of nitrogens with zero attached hydrogens (tertiary/aromatic N) is 2. The molecule has 220 valence electrons. The molecule has 5 aromatic rings. The van der Waals surface area contributed by atoms with E-state index in [2.05, 4.69) is 10.0 Å². The average Bonchev–Trinajstić information content (AvgIpc) is 3.61. The number of rotatable bonds is 7. The molecule has 1 aliphatic heterocycles. The molecular weight excluding hydrogens is 609 g/mol. The third-order valence-corrected chi connectivity index (χ3v) is 10.6. The first-order chi connectivity index (χ1) is 20.8. The first-order valence-corrected chi connectivity index (χ1v) is 16.3. The maximum absolute atomic E-state index is 13.8. The zero-order valence-corrected chi connectivity index (χ0v) is 25.6. The summed E-state index contributed by atoms with van der Waals surface area (Å²) in [6.45, 7) is 0.816. The van der Waals surface area contributed by atoms with Crippen molar-refractivity contribution in [3.05, 3.63) is 88.8 Å². The minimum Gasteiger partial charge on any atom is -0.497 e. The number of aromatic nitrogens is 1. The van der Waals surface area contributed by atoms with Gasteiger partial charge in [-0.2, -0.15) is 0 Å². The molecule has 0 saturated carbocycles. The molecule has 2 N–H and O–H groups in total. The molecule has 0 aliphatic carbocycles. The van der Waals surface area contributed by atoms with Crippen molar-refractivity contribution in [2.45, 2.75) is 17.9 Å².